The van der Waals surface area contributed by atoms with Gasteiger partial charge in [0, 0.05) is 5.39 Å². The summed E-state index contributed by atoms with van der Waals surface area (Å²) in [4.78, 5) is 0. The molecule has 0 radical (unpaired) electrons. The van der Waals surface area contributed by atoms with Crippen LogP contribution in [0.1, 0.15) is 179 Å². The second kappa shape index (κ2) is 23.2. The van der Waals surface area contributed by atoms with E-state index in [0.717, 1.165) is 18.2 Å². The highest BCUT2D eigenvalue weighted by atomic mass is 16.3. The van der Waals surface area contributed by atoms with E-state index in [9.17, 15) is 5.11 Å². The van der Waals surface area contributed by atoms with Crippen LogP contribution in [0.2, 0.25) is 0 Å². The van der Waals surface area contributed by atoms with Crippen molar-refractivity contribution < 1.29 is 5.11 Å². The number of phenols is 1. The molecule has 1 N–H and O–H groups in total. The van der Waals surface area contributed by atoms with Crippen LogP contribution in [0.25, 0.3) is 10.8 Å². The van der Waals surface area contributed by atoms with Crippen molar-refractivity contribution in [1.82, 2.24) is 0 Å². The van der Waals surface area contributed by atoms with Gasteiger partial charge in [-0.3, -0.25) is 0 Å². The summed E-state index contributed by atoms with van der Waals surface area (Å²) < 4.78 is 0. The average Bonchev–Trinajstić information content (AvgIpc) is 2.95. The Labute approximate surface area is 243 Å². The molecule has 1 heteroatoms. The van der Waals surface area contributed by atoms with E-state index in [4.69, 9.17) is 0 Å². The molecule has 0 bridgehead atoms. The molecule has 222 valence electrons. The first-order chi connectivity index (χ1) is 19.3. The van der Waals surface area contributed by atoms with E-state index in [1.54, 1.807) is 0 Å². The van der Waals surface area contributed by atoms with Crippen LogP contribution >= 0.6 is 0 Å². The minimum atomic E-state index is 0.560. The Bertz CT molecular complexity index is 838. The third-order valence-electron chi connectivity index (χ3n) is 8.80. The molecule has 0 aliphatic carbocycles. The van der Waals surface area contributed by atoms with E-state index < -0.39 is 0 Å². The molecule has 0 aliphatic rings. The van der Waals surface area contributed by atoms with Gasteiger partial charge < -0.3 is 5.11 Å². The lowest BCUT2D eigenvalue weighted by Gasteiger charge is -2.15. The molecule has 0 aromatic heterocycles. The van der Waals surface area contributed by atoms with Gasteiger partial charge in [0.1, 0.15) is 5.75 Å². The summed E-state index contributed by atoms with van der Waals surface area (Å²) in [6.07, 6.45) is 35.3. The van der Waals surface area contributed by atoms with Crippen molar-refractivity contribution in [1.29, 1.82) is 0 Å². The average molecular weight is 537 g/mol. The summed E-state index contributed by atoms with van der Waals surface area (Å²) >= 11 is 0. The summed E-state index contributed by atoms with van der Waals surface area (Å²) in [5.74, 6) is 0.560. The maximum atomic E-state index is 11.2. The normalized spacial score (nSPS) is 11.5. The molecule has 2 aromatic carbocycles. The maximum Gasteiger partial charge on any atom is 0.126 e. The molecule has 0 saturated carbocycles. The summed E-state index contributed by atoms with van der Waals surface area (Å²) in [5, 5.41) is 13.4. The lowest BCUT2D eigenvalue weighted by molar-refractivity contribution is 0.470. The van der Waals surface area contributed by atoms with Crippen LogP contribution in [-0.2, 0) is 12.8 Å². The largest absolute Gasteiger partial charge is 0.507 e. The van der Waals surface area contributed by atoms with Crippen molar-refractivity contribution in [2.45, 2.75) is 181 Å². The molecular formula is C38H64O. The summed E-state index contributed by atoms with van der Waals surface area (Å²) in [6, 6.07) is 10.8. The van der Waals surface area contributed by atoms with E-state index >= 15 is 0 Å². The Balaban J connectivity index is 1.66. The molecule has 2 aromatic rings. The van der Waals surface area contributed by atoms with E-state index in [1.165, 1.54) is 171 Å². The number of aryl methyl sites for hydroxylation is 1. The number of fused-ring (bicyclic) bond motifs is 1. The first kappa shape index (κ1) is 33.7. The zero-order valence-corrected chi connectivity index (χ0v) is 26.2. The van der Waals surface area contributed by atoms with Gasteiger partial charge in [0.05, 0.1) is 0 Å². The Morgan fingerprint density at radius 3 is 1.31 bits per heavy atom. The van der Waals surface area contributed by atoms with E-state index in [0.29, 0.717) is 5.75 Å². The number of benzene rings is 2. The molecule has 0 saturated heterocycles. The maximum absolute atomic E-state index is 11.2. The predicted octanol–water partition coefficient (Wildman–Crippen LogP) is 13.0. The molecule has 0 fully saturated rings. The fourth-order valence-corrected chi connectivity index (χ4v) is 6.23. The summed E-state index contributed by atoms with van der Waals surface area (Å²) in [6.45, 7) is 4.59. The highest BCUT2D eigenvalue weighted by Gasteiger charge is 2.12. The minimum Gasteiger partial charge on any atom is -0.507 e. The van der Waals surface area contributed by atoms with Gasteiger partial charge in [-0.1, -0.05) is 185 Å². The van der Waals surface area contributed by atoms with Crippen LogP contribution in [0.5, 0.6) is 5.75 Å². The smallest absolute Gasteiger partial charge is 0.126 e. The highest BCUT2D eigenvalue weighted by molar-refractivity contribution is 5.90. The number of unbranched alkanes of at least 4 members (excludes halogenated alkanes) is 22. The van der Waals surface area contributed by atoms with Crippen molar-refractivity contribution >= 4 is 10.8 Å². The van der Waals surface area contributed by atoms with Crippen LogP contribution in [0.4, 0.5) is 0 Å². The van der Waals surface area contributed by atoms with E-state index in [-0.39, 0.29) is 0 Å². The van der Waals surface area contributed by atoms with Crippen LogP contribution < -0.4 is 0 Å². The highest BCUT2D eigenvalue weighted by Crippen LogP contribution is 2.34. The van der Waals surface area contributed by atoms with Crippen molar-refractivity contribution in [2.75, 3.05) is 0 Å². The Morgan fingerprint density at radius 1 is 0.462 bits per heavy atom. The van der Waals surface area contributed by atoms with E-state index in [1.807, 2.05) is 0 Å². The van der Waals surface area contributed by atoms with Crippen LogP contribution in [0.15, 0.2) is 30.3 Å². The lowest BCUT2D eigenvalue weighted by Crippen LogP contribution is -1.98. The standard InChI is InChI=1S/C38H64O/c1-3-5-7-9-11-13-15-17-19-21-23-25-29-34-33-35-30-27-28-32-37(35)38(39)36(34)31-26-24-22-20-18-16-14-12-10-8-6-4-2/h27-28,30,32-33,39H,3-26,29,31H2,1-2H3. The topological polar surface area (TPSA) is 20.2 Å². The fourth-order valence-electron chi connectivity index (χ4n) is 6.23. The minimum absolute atomic E-state index is 0.560. The van der Waals surface area contributed by atoms with Gasteiger partial charge >= 0.3 is 0 Å². The predicted molar refractivity (Wildman–Crippen MR) is 175 cm³/mol. The van der Waals surface area contributed by atoms with Gasteiger partial charge in [0.15, 0.2) is 0 Å². The Kier molecular flexibility index (Phi) is 20.1. The van der Waals surface area contributed by atoms with Crippen molar-refractivity contribution in [3.8, 4) is 5.75 Å². The number of hydrogen-bond acceptors (Lipinski definition) is 1. The molecule has 0 spiro atoms. The molecule has 39 heavy (non-hydrogen) atoms. The van der Waals surface area contributed by atoms with Crippen LogP contribution in [-0.4, -0.2) is 5.11 Å². The molecule has 0 unspecified atom stereocenters. The molecule has 0 atom stereocenters. The van der Waals surface area contributed by atoms with Crippen LogP contribution in [0, 0.1) is 0 Å². The van der Waals surface area contributed by atoms with Gasteiger partial charge in [-0.2, -0.15) is 0 Å². The third kappa shape index (κ3) is 15.2. The van der Waals surface area contributed by atoms with Crippen LogP contribution in [0.3, 0.4) is 0 Å². The Hall–Kier alpha value is -1.50. The SMILES string of the molecule is CCCCCCCCCCCCCCc1cc2ccccc2c(O)c1CCCCCCCCCCCCCC. The zero-order chi connectivity index (χ0) is 27.8. The third-order valence-corrected chi connectivity index (χ3v) is 8.80. The first-order valence-electron chi connectivity index (χ1n) is 17.5. The fraction of sp³-hybridized carbons (Fsp3) is 0.737. The first-order valence-corrected chi connectivity index (χ1v) is 17.5. The number of hydrogen-bond donors (Lipinski definition) is 1. The van der Waals surface area contributed by atoms with Crippen molar-refractivity contribution in [2.24, 2.45) is 0 Å². The van der Waals surface area contributed by atoms with Gasteiger partial charge in [-0.25, -0.2) is 0 Å². The number of rotatable bonds is 26. The van der Waals surface area contributed by atoms with Crippen molar-refractivity contribution in [3.05, 3.63) is 41.5 Å². The molecule has 0 amide bonds. The van der Waals surface area contributed by atoms with Gasteiger partial charge in [0.2, 0.25) is 0 Å². The van der Waals surface area contributed by atoms with Gasteiger partial charge in [0.25, 0.3) is 0 Å². The molecule has 2 rings (SSSR count). The van der Waals surface area contributed by atoms with Gasteiger partial charge in [-0.05, 0) is 42.2 Å². The zero-order valence-electron chi connectivity index (χ0n) is 26.2. The molecule has 1 nitrogen and oxygen atoms in total. The monoisotopic (exact) mass is 536 g/mol. The van der Waals surface area contributed by atoms with E-state index in [2.05, 4.69) is 44.2 Å². The second-order valence-corrected chi connectivity index (χ2v) is 12.4. The summed E-state index contributed by atoms with van der Waals surface area (Å²) in [7, 11) is 0. The number of phenolic OH excluding ortho intramolecular Hbond substituents is 1. The lowest BCUT2D eigenvalue weighted by atomic mass is 9.92. The molecule has 0 heterocycles. The molecular weight excluding hydrogens is 472 g/mol. The van der Waals surface area contributed by atoms with Crippen molar-refractivity contribution in [3.63, 3.8) is 0 Å². The molecule has 0 aliphatic heterocycles. The quantitative estimate of drug-likeness (QED) is 0.119. The van der Waals surface area contributed by atoms with Gasteiger partial charge in [-0.15, -0.1) is 0 Å². The second-order valence-electron chi connectivity index (χ2n) is 12.4. The Morgan fingerprint density at radius 2 is 0.846 bits per heavy atom. The summed E-state index contributed by atoms with van der Waals surface area (Å²) in [5.41, 5.74) is 2.64. The number of aromatic hydroxyl groups is 1.